The molecule has 0 saturated heterocycles. The molecule has 0 spiro atoms. The molecule has 110 valence electrons. The molecular weight excluding hydrogens is 284 g/mol. The Labute approximate surface area is 122 Å². The first-order chi connectivity index (χ1) is 9.43. The smallest absolute Gasteiger partial charge is 0.335 e. The maximum Gasteiger partial charge on any atom is 0.335 e. The van der Waals surface area contributed by atoms with Gasteiger partial charge in [-0.1, -0.05) is 11.6 Å². The number of carboxylic acid groups (broad SMARTS) is 1. The van der Waals surface area contributed by atoms with Gasteiger partial charge in [-0.05, 0) is 31.5 Å². The average Bonchev–Trinajstić information content (AvgIpc) is 2.38. The number of carbonyl (C=O) groups is 2. The van der Waals surface area contributed by atoms with E-state index in [1.807, 2.05) is 6.92 Å². The number of methoxy groups -OCH3 is 1. The summed E-state index contributed by atoms with van der Waals surface area (Å²) in [6, 6.07) is 3.59. The van der Waals surface area contributed by atoms with Gasteiger partial charge < -0.3 is 20.5 Å². The van der Waals surface area contributed by atoms with Crippen LogP contribution < -0.4 is 10.6 Å². The molecule has 0 aliphatic heterocycles. The zero-order valence-corrected chi connectivity index (χ0v) is 12.0. The lowest BCUT2D eigenvalue weighted by molar-refractivity contribution is 0.0697. The molecule has 0 saturated carbocycles. The largest absolute Gasteiger partial charge is 0.478 e. The minimum atomic E-state index is -1.08. The third-order valence-electron chi connectivity index (χ3n) is 2.59. The van der Waals surface area contributed by atoms with Crippen LogP contribution in [-0.2, 0) is 4.74 Å². The van der Waals surface area contributed by atoms with Crippen molar-refractivity contribution in [2.45, 2.75) is 19.4 Å². The van der Waals surface area contributed by atoms with E-state index in [2.05, 4.69) is 10.6 Å². The van der Waals surface area contributed by atoms with Gasteiger partial charge in [0.25, 0.3) is 0 Å². The molecule has 0 aliphatic carbocycles. The molecule has 1 unspecified atom stereocenters. The van der Waals surface area contributed by atoms with Crippen LogP contribution in [0.1, 0.15) is 23.7 Å². The lowest BCUT2D eigenvalue weighted by atomic mass is 10.2. The molecule has 1 atom stereocenters. The van der Waals surface area contributed by atoms with Crippen LogP contribution >= 0.6 is 11.6 Å². The maximum absolute atomic E-state index is 11.8. The van der Waals surface area contributed by atoms with E-state index in [4.69, 9.17) is 21.4 Å². The minimum absolute atomic E-state index is 0.0529. The number of urea groups is 1. The molecule has 20 heavy (non-hydrogen) atoms. The van der Waals surface area contributed by atoms with Crippen molar-refractivity contribution in [3.05, 3.63) is 28.8 Å². The molecule has 0 heterocycles. The summed E-state index contributed by atoms with van der Waals surface area (Å²) in [6.07, 6.45) is 0.673. The lowest BCUT2D eigenvalue weighted by Gasteiger charge is -2.15. The highest BCUT2D eigenvalue weighted by molar-refractivity contribution is 6.33. The van der Waals surface area contributed by atoms with E-state index in [1.165, 1.54) is 18.2 Å². The summed E-state index contributed by atoms with van der Waals surface area (Å²) in [7, 11) is 1.59. The van der Waals surface area contributed by atoms with Gasteiger partial charge in [-0.25, -0.2) is 9.59 Å². The third kappa shape index (κ3) is 5.07. The first-order valence-corrected chi connectivity index (χ1v) is 6.41. The number of aromatic carboxylic acids is 1. The predicted octanol–water partition coefficient (Wildman–Crippen LogP) is 2.58. The zero-order valence-electron chi connectivity index (χ0n) is 11.3. The Hall–Kier alpha value is -1.79. The molecule has 1 rings (SSSR count). The van der Waals surface area contributed by atoms with Crippen molar-refractivity contribution in [1.82, 2.24) is 5.32 Å². The van der Waals surface area contributed by atoms with Gasteiger partial charge in [-0.2, -0.15) is 0 Å². The van der Waals surface area contributed by atoms with E-state index >= 15 is 0 Å². The maximum atomic E-state index is 11.8. The highest BCUT2D eigenvalue weighted by Gasteiger charge is 2.11. The van der Waals surface area contributed by atoms with Crippen LogP contribution in [0.4, 0.5) is 10.5 Å². The number of anilines is 1. The van der Waals surface area contributed by atoms with E-state index in [1.54, 1.807) is 7.11 Å². The molecule has 7 heteroatoms. The van der Waals surface area contributed by atoms with Crippen molar-refractivity contribution in [3.63, 3.8) is 0 Å². The number of hydrogen-bond acceptors (Lipinski definition) is 3. The molecule has 0 bridgehead atoms. The molecule has 1 aromatic carbocycles. The lowest BCUT2D eigenvalue weighted by Crippen LogP contribution is -2.36. The number of benzene rings is 1. The Bertz CT molecular complexity index is 493. The average molecular weight is 301 g/mol. The van der Waals surface area contributed by atoms with Gasteiger partial charge in [0, 0.05) is 19.8 Å². The highest BCUT2D eigenvalue weighted by Crippen LogP contribution is 2.23. The molecule has 0 radical (unpaired) electrons. The number of hydrogen-bond donors (Lipinski definition) is 3. The van der Waals surface area contributed by atoms with E-state index < -0.39 is 12.0 Å². The number of halogens is 1. The fraction of sp³-hybridized carbons (Fsp3) is 0.385. The molecule has 3 N–H and O–H groups in total. The summed E-state index contributed by atoms with van der Waals surface area (Å²) in [5.41, 5.74) is 0.306. The van der Waals surface area contributed by atoms with Crippen LogP contribution in [0.3, 0.4) is 0 Å². The summed E-state index contributed by atoms with van der Waals surface area (Å²) < 4.78 is 4.92. The Morgan fingerprint density at radius 1 is 1.45 bits per heavy atom. The quantitative estimate of drug-likeness (QED) is 0.753. The second-order valence-corrected chi connectivity index (χ2v) is 4.69. The van der Waals surface area contributed by atoms with Crippen LogP contribution in [0.25, 0.3) is 0 Å². The monoisotopic (exact) mass is 300 g/mol. The topological polar surface area (TPSA) is 87.7 Å². The second-order valence-electron chi connectivity index (χ2n) is 4.28. The van der Waals surface area contributed by atoms with Crippen molar-refractivity contribution in [2.24, 2.45) is 0 Å². The van der Waals surface area contributed by atoms with Crippen molar-refractivity contribution < 1.29 is 19.4 Å². The van der Waals surface area contributed by atoms with Crippen molar-refractivity contribution in [3.8, 4) is 0 Å². The molecule has 0 aromatic heterocycles. The SMILES string of the molecule is COCCC(C)NC(=O)Nc1cc(C(=O)O)ccc1Cl. The Morgan fingerprint density at radius 2 is 2.15 bits per heavy atom. The zero-order chi connectivity index (χ0) is 15.1. The normalized spacial score (nSPS) is 11.8. The number of ether oxygens (including phenoxy) is 1. The molecular formula is C13H17ClN2O4. The number of carboxylic acids is 1. The van der Waals surface area contributed by atoms with Crippen molar-refractivity contribution in [1.29, 1.82) is 0 Å². The number of rotatable bonds is 6. The Balaban J connectivity index is 2.65. The number of amides is 2. The summed E-state index contributed by atoms with van der Waals surface area (Å²) in [6.45, 7) is 2.38. The first kappa shape index (κ1) is 16.3. The van der Waals surface area contributed by atoms with Crippen molar-refractivity contribution in [2.75, 3.05) is 19.0 Å². The van der Waals surface area contributed by atoms with Gasteiger partial charge in [-0.3, -0.25) is 0 Å². The van der Waals surface area contributed by atoms with Gasteiger partial charge in [-0.15, -0.1) is 0 Å². The van der Waals surface area contributed by atoms with Crippen LogP contribution in [0.5, 0.6) is 0 Å². The fourth-order valence-corrected chi connectivity index (χ4v) is 1.67. The Kier molecular flexibility index (Phi) is 6.27. The first-order valence-electron chi connectivity index (χ1n) is 6.03. The van der Waals surface area contributed by atoms with Gasteiger partial charge in [0.1, 0.15) is 0 Å². The van der Waals surface area contributed by atoms with Crippen LogP contribution in [0, 0.1) is 0 Å². The summed E-state index contributed by atoms with van der Waals surface area (Å²) in [4.78, 5) is 22.6. The minimum Gasteiger partial charge on any atom is -0.478 e. The van der Waals surface area contributed by atoms with Gasteiger partial charge in [0.05, 0.1) is 16.3 Å². The van der Waals surface area contributed by atoms with E-state index in [0.717, 1.165) is 0 Å². The fourth-order valence-electron chi connectivity index (χ4n) is 1.50. The highest BCUT2D eigenvalue weighted by atomic mass is 35.5. The van der Waals surface area contributed by atoms with Crippen LogP contribution in [0.2, 0.25) is 5.02 Å². The second kappa shape index (κ2) is 7.72. The number of carbonyl (C=O) groups excluding carboxylic acids is 1. The van der Waals surface area contributed by atoms with Gasteiger partial charge in [0.2, 0.25) is 0 Å². The standard InChI is InChI=1S/C13H17ClN2O4/c1-8(5-6-20-2)15-13(19)16-11-7-9(12(17)18)3-4-10(11)14/h3-4,7-8H,5-6H2,1-2H3,(H,17,18)(H2,15,16,19). The number of nitrogens with one attached hydrogen (secondary N) is 2. The van der Waals surface area contributed by atoms with Crippen molar-refractivity contribution >= 4 is 29.3 Å². The summed E-state index contributed by atoms with van der Waals surface area (Å²) in [5, 5.41) is 14.4. The molecule has 0 aliphatic rings. The van der Waals surface area contributed by atoms with E-state index in [-0.39, 0.29) is 22.3 Å². The molecule has 2 amide bonds. The van der Waals surface area contributed by atoms with E-state index in [0.29, 0.717) is 13.0 Å². The predicted molar refractivity (Wildman–Crippen MR) is 76.5 cm³/mol. The Morgan fingerprint density at radius 3 is 2.75 bits per heavy atom. The van der Waals surface area contributed by atoms with Crippen LogP contribution in [-0.4, -0.2) is 36.9 Å². The molecule has 1 aromatic rings. The molecule has 6 nitrogen and oxygen atoms in total. The third-order valence-corrected chi connectivity index (χ3v) is 2.92. The summed E-state index contributed by atoms with van der Waals surface area (Å²) >= 11 is 5.91. The van der Waals surface area contributed by atoms with Gasteiger partial charge in [0.15, 0.2) is 0 Å². The van der Waals surface area contributed by atoms with E-state index in [9.17, 15) is 9.59 Å². The van der Waals surface area contributed by atoms with Crippen LogP contribution in [0.15, 0.2) is 18.2 Å². The molecule has 0 fully saturated rings. The van der Waals surface area contributed by atoms with Gasteiger partial charge >= 0.3 is 12.0 Å². The summed E-state index contributed by atoms with van der Waals surface area (Å²) in [5.74, 6) is -1.08.